The van der Waals surface area contributed by atoms with Crippen molar-refractivity contribution in [2.75, 3.05) is 6.61 Å². The third-order valence-electron chi connectivity index (χ3n) is 1.71. The number of ether oxygens (including phenoxy) is 1. The molecule has 0 amide bonds. The highest BCUT2D eigenvalue weighted by Gasteiger charge is 2.13. The van der Waals surface area contributed by atoms with Crippen molar-refractivity contribution in [3.05, 3.63) is 15.8 Å². The number of fused-ring (bicyclic) bond motifs is 1. The number of thiophene rings is 1. The molecule has 0 unspecified atom stereocenters. The van der Waals surface area contributed by atoms with Gasteiger partial charge >= 0.3 is 0 Å². The van der Waals surface area contributed by atoms with Gasteiger partial charge in [0.2, 0.25) is 0 Å². The van der Waals surface area contributed by atoms with E-state index in [1.54, 1.807) is 11.3 Å². The van der Waals surface area contributed by atoms with Gasteiger partial charge in [0.15, 0.2) is 6.29 Å². The van der Waals surface area contributed by atoms with Gasteiger partial charge in [0.1, 0.15) is 5.75 Å². The Balaban J connectivity index is 2.39. The first-order chi connectivity index (χ1) is 5.40. The third kappa shape index (κ3) is 1.16. The number of hydrogen-bond acceptors (Lipinski definition) is 3. The van der Waals surface area contributed by atoms with Gasteiger partial charge in [-0.1, -0.05) is 0 Å². The molecule has 1 aliphatic heterocycles. The molecule has 11 heavy (non-hydrogen) atoms. The summed E-state index contributed by atoms with van der Waals surface area (Å²) in [5, 5.41) is 0. The Morgan fingerprint density at radius 2 is 2.55 bits per heavy atom. The summed E-state index contributed by atoms with van der Waals surface area (Å²) in [6, 6.07) is 1.83. The highest BCUT2D eigenvalue weighted by molar-refractivity contribution is 7.14. The largest absolute Gasteiger partial charge is 0.492 e. The van der Waals surface area contributed by atoms with Crippen LogP contribution in [0, 0.1) is 0 Å². The summed E-state index contributed by atoms with van der Waals surface area (Å²) in [6.07, 6.45) is 3.02. The minimum atomic E-state index is 0.775. The molecule has 1 aliphatic rings. The van der Waals surface area contributed by atoms with Crippen molar-refractivity contribution in [2.24, 2.45) is 0 Å². The van der Waals surface area contributed by atoms with E-state index in [-0.39, 0.29) is 0 Å². The van der Waals surface area contributed by atoms with E-state index in [9.17, 15) is 4.79 Å². The van der Waals surface area contributed by atoms with Crippen LogP contribution in [0.5, 0.6) is 5.75 Å². The predicted octanol–water partition coefficient (Wildman–Crippen LogP) is 1.89. The van der Waals surface area contributed by atoms with Gasteiger partial charge < -0.3 is 4.74 Å². The molecule has 0 bridgehead atoms. The molecule has 1 aromatic rings. The van der Waals surface area contributed by atoms with Gasteiger partial charge in [-0.25, -0.2) is 0 Å². The van der Waals surface area contributed by atoms with Crippen LogP contribution in [0.2, 0.25) is 0 Å². The molecule has 58 valence electrons. The molecule has 0 saturated carbocycles. The SMILES string of the molecule is O=Cc1cc2c(s1)CCCO2. The summed E-state index contributed by atoms with van der Waals surface area (Å²) in [6.45, 7) is 0.794. The van der Waals surface area contributed by atoms with Gasteiger partial charge in [-0.05, 0) is 12.8 Å². The maximum absolute atomic E-state index is 10.4. The van der Waals surface area contributed by atoms with Crippen molar-refractivity contribution in [3.8, 4) is 5.75 Å². The van der Waals surface area contributed by atoms with E-state index >= 15 is 0 Å². The lowest BCUT2D eigenvalue weighted by molar-refractivity contribution is 0.112. The lowest BCUT2D eigenvalue weighted by Crippen LogP contribution is -2.04. The average Bonchev–Trinajstić information content (AvgIpc) is 2.46. The lowest BCUT2D eigenvalue weighted by atomic mass is 10.2. The van der Waals surface area contributed by atoms with Gasteiger partial charge in [-0.2, -0.15) is 0 Å². The Morgan fingerprint density at radius 1 is 1.64 bits per heavy atom. The van der Waals surface area contributed by atoms with Crippen LogP contribution >= 0.6 is 11.3 Å². The van der Waals surface area contributed by atoms with E-state index in [1.165, 1.54) is 4.88 Å². The molecule has 3 heteroatoms. The number of rotatable bonds is 1. The minimum Gasteiger partial charge on any atom is -0.492 e. The van der Waals surface area contributed by atoms with Crippen molar-refractivity contribution < 1.29 is 9.53 Å². The van der Waals surface area contributed by atoms with E-state index < -0.39 is 0 Å². The third-order valence-corrected chi connectivity index (χ3v) is 2.81. The molecular formula is C8H8O2S. The monoisotopic (exact) mass is 168 g/mol. The molecule has 0 aliphatic carbocycles. The van der Waals surface area contributed by atoms with E-state index in [4.69, 9.17) is 4.74 Å². The standard InChI is InChI=1S/C8H8O2S/c9-5-6-4-7-8(11-6)2-1-3-10-7/h4-5H,1-3H2. The Hall–Kier alpha value is -0.830. The first-order valence-electron chi connectivity index (χ1n) is 3.61. The summed E-state index contributed by atoms with van der Waals surface area (Å²) in [5.74, 6) is 0.920. The number of hydrogen-bond donors (Lipinski definition) is 0. The Labute approximate surface area is 68.8 Å². The second kappa shape index (κ2) is 2.66. The zero-order valence-electron chi connectivity index (χ0n) is 6.00. The van der Waals surface area contributed by atoms with Gasteiger partial charge in [0.25, 0.3) is 0 Å². The molecular weight excluding hydrogens is 160 g/mol. The van der Waals surface area contributed by atoms with Crippen LogP contribution in [0.4, 0.5) is 0 Å². The molecule has 2 rings (SSSR count). The Bertz CT molecular complexity index is 254. The summed E-state index contributed by atoms with van der Waals surface area (Å²) >= 11 is 1.54. The quantitative estimate of drug-likeness (QED) is 0.598. The predicted molar refractivity (Wildman–Crippen MR) is 43.5 cm³/mol. The Kier molecular flexibility index (Phi) is 1.66. The number of carbonyl (C=O) groups is 1. The maximum atomic E-state index is 10.4. The van der Waals surface area contributed by atoms with E-state index in [0.29, 0.717) is 0 Å². The van der Waals surface area contributed by atoms with Crippen LogP contribution < -0.4 is 4.74 Å². The molecule has 0 atom stereocenters. The van der Waals surface area contributed by atoms with E-state index in [2.05, 4.69) is 0 Å². The molecule has 0 spiro atoms. The van der Waals surface area contributed by atoms with Crippen LogP contribution in [0.15, 0.2) is 6.07 Å². The number of aldehydes is 1. The van der Waals surface area contributed by atoms with Gasteiger partial charge in [0.05, 0.1) is 11.5 Å². The van der Waals surface area contributed by atoms with Crippen molar-refractivity contribution in [2.45, 2.75) is 12.8 Å². The van der Waals surface area contributed by atoms with E-state index in [1.807, 2.05) is 6.07 Å². The van der Waals surface area contributed by atoms with Crippen molar-refractivity contribution in [1.29, 1.82) is 0 Å². The van der Waals surface area contributed by atoms with Crippen LogP contribution in [0.1, 0.15) is 21.0 Å². The first-order valence-corrected chi connectivity index (χ1v) is 4.42. The zero-order valence-corrected chi connectivity index (χ0v) is 6.82. The average molecular weight is 168 g/mol. The van der Waals surface area contributed by atoms with Gasteiger partial charge in [0, 0.05) is 10.9 Å². The van der Waals surface area contributed by atoms with Crippen LogP contribution in [-0.2, 0) is 6.42 Å². The summed E-state index contributed by atoms with van der Waals surface area (Å²) in [7, 11) is 0. The molecule has 0 saturated heterocycles. The fourth-order valence-corrected chi connectivity index (χ4v) is 2.16. The summed E-state index contributed by atoms with van der Waals surface area (Å²) < 4.78 is 5.36. The molecule has 1 aromatic heterocycles. The minimum absolute atomic E-state index is 0.775. The van der Waals surface area contributed by atoms with Crippen molar-refractivity contribution in [1.82, 2.24) is 0 Å². The lowest BCUT2D eigenvalue weighted by Gasteiger charge is -2.11. The van der Waals surface area contributed by atoms with Gasteiger partial charge in [-0.15, -0.1) is 11.3 Å². The number of carbonyl (C=O) groups excluding carboxylic acids is 1. The molecule has 2 heterocycles. The van der Waals surface area contributed by atoms with Crippen molar-refractivity contribution in [3.63, 3.8) is 0 Å². The molecule has 0 radical (unpaired) electrons. The molecule has 2 nitrogen and oxygen atoms in total. The second-order valence-corrected chi connectivity index (χ2v) is 3.67. The normalized spacial score (nSPS) is 15.3. The van der Waals surface area contributed by atoms with Crippen molar-refractivity contribution >= 4 is 17.6 Å². The molecule has 0 aromatic carbocycles. The fraction of sp³-hybridized carbons (Fsp3) is 0.375. The Morgan fingerprint density at radius 3 is 3.27 bits per heavy atom. The van der Waals surface area contributed by atoms with Crippen LogP contribution in [-0.4, -0.2) is 12.9 Å². The molecule has 0 fully saturated rings. The molecule has 0 N–H and O–H groups in total. The van der Waals surface area contributed by atoms with E-state index in [0.717, 1.165) is 36.4 Å². The zero-order chi connectivity index (χ0) is 7.68. The fourth-order valence-electron chi connectivity index (χ4n) is 1.20. The summed E-state index contributed by atoms with van der Waals surface area (Å²) in [5.41, 5.74) is 0. The summed E-state index contributed by atoms with van der Waals surface area (Å²) in [4.78, 5) is 12.4. The maximum Gasteiger partial charge on any atom is 0.160 e. The number of aryl methyl sites for hydroxylation is 1. The van der Waals surface area contributed by atoms with Gasteiger partial charge in [-0.3, -0.25) is 4.79 Å². The highest BCUT2D eigenvalue weighted by atomic mass is 32.1. The second-order valence-electron chi connectivity index (χ2n) is 2.51. The van der Waals surface area contributed by atoms with Crippen LogP contribution in [0.25, 0.3) is 0 Å². The first kappa shape index (κ1) is 6.85. The van der Waals surface area contributed by atoms with Crippen LogP contribution in [0.3, 0.4) is 0 Å². The smallest absolute Gasteiger partial charge is 0.160 e. The highest BCUT2D eigenvalue weighted by Crippen LogP contribution is 2.32. The topological polar surface area (TPSA) is 26.3 Å².